The van der Waals surface area contributed by atoms with E-state index >= 15 is 0 Å². The SMILES string of the molecule is N#Cc1ccc(Nc2cnc(C3CCCN3Cc3ccc4[nH]ccc4c3)cn2)cn1. The van der Waals surface area contributed by atoms with Crippen LogP contribution in [0.4, 0.5) is 11.5 Å². The second-order valence-electron chi connectivity index (χ2n) is 7.52. The third kappa shape index (κ3) is 3.73. The maximum absolute atomic E-state index is 8.84. The highest BCUT2D eigenvalue weighted by molar-refractivity contribution is 5.79. The Morgan fingerprint density at radius 3 is 2.87 bits per heavy atom. The first kappa shape index (κ1) is 18.3. The molecule has 7 nitrogen and oxygen atoms in total. The molecule has 1 unspecified atom stereocenters. The second kappa shape index (κ2) is 7.93. The third-order valence-electron chi connectivity index (χ3n) is 5.53. The monoisotopic (exact) mass is 395 g/mol. The number of nitriles is 1. The van der Waals surface area contributed by atoms with Crippen LogP contribution in [-0.4, -0.2) is 31.4 Å². The number of H-pyrrole nitrogens is 1. The number of aromatic amines is 1. The van der Waals surface area contributed by atoms with E-state index in [2.05, 4.69) is 54.4 Å². The standard InChI is InChI=1S/C23H21N7/c24-11-18-4-5-19(12-26-18)29-23-14-27-21(13-28-23)22-2-1-9-30(22)15-16-3-6-20-17(10-16)7-8-25-20/h3-8,10,12-14,22,25H,1-2,9,15H2,(H,28,29). The quantitative estimate of drug-likeness (QED) is 0.523. The first-order chi connectivity index (χ1) is 14.8. The lowest BCUT2D eigenvalue weighted by Crippen LogP contribution is -2.23. The number of hydrogen-bond acceptors (Lipinski definition) is 6. The van der Waals surface area contributed by atoms with Gasteiger partial charge in [-0.05, 0) is 60.7 Å². The van der Waals surface area contributed by atoms with Crippen LogP contribution in [0.1, 0.15) is 35.8 Å². The summed E-state index contributed by atoms with van der Waals surface area (Å²) in [6, 6.07) is 14.5. The molecular formula is C23H21N7. The summed E-state index contributed by atoms with van der Waals surface area (Å²) in [4.78, 5) is 19.0. The molecule has 0 spiro atoms. The van der Waals surface area contributed by atoms with Crippen LogP contribution in [0.15, 0.2) is 61.2 Å². The Hall–Kier alpha value is -3.76. The zero-order valence-corrected chi connectivity index (χ0v) is 16.4. The predicted molar refractivity (Wildman–Crippen MR) is 115 cm³/mol. The minimum Gasteiger partial charge on any atom is -0.361 e. The number of aromatic nitrogens is 4. The van der Waals surface area contributed by atoms with E-state index in [9.17, 15) is 0 Å². The largest absolute Gasteiger partial charge is 0.361 e. The average molecular weight is 395 g/mol. The molecule has 0 amide bonds. The summed E-state index contributed by atoms with van der Waals surface area (Å²) in [5.41, 5.74) is 4.65. The fourth-order valence-electron chi connectivity index (χ4n) is 4.04. The average Bonchev–Trinajstić information content (AvgIpc) is 3.44. The summed E-state index contributed by atoms with van der Waals surface area (Å²) < 4.78 is 0. The van der Waals surface area contributed by atoms with E-state index in [1.54, 1.807) is 24.5 Å². The lowest BCUT2D eigenvalue weighted by atomic mass is 10.1. The van der Waals surface area contributed by atoms with Gasteiger partial charge in [0.15, 0.2) is 0 Å². The molecule has 30 heavy (non-hydrogen) atoms. The predicted octanol–water partition coefficient (Wildman–Crippen LogP) is 4.31. The maximum atomic E-state index is 8.84. The molecule has 1 aliphatic rings. The summed E-state index contributed by atoms with van der Waals surface area (Å²) in [6.07, 6.45) is 9.47. The van der Waals surface area contributed by atoms with Crippen molar-refractivity contribution in [2.45, 2.75) is 25.4 Å². The van der Waals surface area contributed by atoms with Crippen LogP contribution in [0.3, 0.4) is 0 Å². The van der Waals surface area contributed by atoms with Gasteiger partial charge in [-0.25, -0.2) is 9.97 Å². The number of fused-ring (bicyclic) bond motifs is 1. The molecule has 1 aliphatic heterocycles. The smallest absolute Gasteiger partial charge is 0.148 e. The number of benzene rings is 1. The molecule has 5 rings (SSSR count). The molecule has 0 bridgehead atoms. The number of anilines is 2. The van der Waals surface area contributed by atoms with Gasteiger partial charge in [-0.3, -0.25) is 9.88 Å². The molecular weight excluding hydrogens is 374 g/mol. The highest BCUT2D eigenvalue weighted by Gasteiger charge is 2.27. The van der Waals surface area contributed by atoms with Gasteiger partial charge in [0, 0.05) is 18.3 Å². The van der Waals surface area contributed by atoms with Gasteiger partial charge in [-0.1, -0.05) is 6.07 Å². The molecule has 0 aliphatic carbocycles. The Balaban J connectivity index is 1.28. The lowest BCUT2D eigenvalue weighted by Gasteiger charge is -2.24. The Kier molecular flexibility index (Phi) is 4.83. The summed E-state index contributed by atoms with van der Waals surface area (Å²) in [5.74, 6) is 0.660. The number of nitrogens with zero attached hydrogens (tertiary/aromatic N) is 5. The zero-order chi connectivity index (χ0) is 20.3. The van der Waals surface area contributed by atoms with E-state index in [4.69, 9.17) is 5.26 Å². The van der Waals surface area contributed by atoms with E-state index < -0.39 is 0 Å². The van der Waals surface area contributed by atoms with Crippen LogP contribution in [-0.2, 0) is 6.54 Å². The van der Waals surface area contributed by atoms with Gasteiger partial charge in [0.05, 0.1) is 36.0 Å². The first-order valence-corrected chi connectivity index (χ1v) is 10.0. The van der Waals surface area contributed by atoms with Gasteiger partial charge < -0.3 is 10.3 Å². The molecule has 1 fully saturated rings. The first-order valence-electron chi connectivity index (χ1n) is 10.0. The Bertz CT molecular complexity index is 1190. The molecule has 4 aromatic rings. The molecule has 0 saturated carbocycles. The van der Waals surface area contributed by atoms with Crippen LogP contribution in [0.5, 0.6) is 0 Å². The van der Waals surface area contributed by atoms with E-state index in [0.717, 1.165) is 37.3 Å². The van der Waals surface area contributed by atoms with Crippen molar-refractivity contribution >= 4 is 22.4 Å². The van der Waals surface area contributed by atoms with E-state index in [-0.39, 0.29) is 6.04 Å². The summed E-state index contributed by atoms with van der Waals surface area (Å²) in [6.45, 7) is 1.97. The van der Waals surface area contributed by atoms with Gasteiger partial charge in [0.25, 0.3) is 0 Å². The lowest BCUT2D eigenvalue weighted by molar-refractivity contribution is 0.244. The Morgan fingerprint density at radius 2 is 2.07 bits per heavy atom. The summed E-state index contributed by atoms with van der Waals surface area (Å²) >= 11 is 0. The molecule has 4 heterocycles. The number of likely N-dealkylation sites (tertiary alicyclic amines) is 1. The second-order valence-corrected chi connectivity index (χ2v) is 7.52. The van der Waals surface area contributed by atoms with Crippen molar-refractivity contribution in [2.75, 3.05) is 11.9 Å². The van der Waals surface area contributed by atoms with Crippen molar-refractivity contribution in [3.05, 3.63) is 78.1 Å². The van der Waals surface area contributed by atoms with Crippen molar-refractivity contribution < 1.29 is 0 Å². The fourth-order valence-corrected chi connectivity index (χ4v) is 4.04. The number of rotatable bonds is 5. The zero-order valence-electron chi connectivity index (χ0n) is 16.4. The van der Waals surface area contributed by atoms with Gasteiger partial charge in [0.1, 0.15) is 17.6 Å². The van der Waals surface area contributed by atoms with Crippen molar-refractivity contribution in [1.29, 1.82) is 5.26 Å². The minimum atomic E-state index is 0.282. The molecule has 1 saturated heterocycles. The van der Waals surface area contributed by atoms with Gasteiger partial charge >= 0.3 is 0 Å². The third-order valence-corrected chi connectivity index (χ3v) is 5.53. The van der Waals surface area contributed by atoms with Crippen LogP contribution < -0.4 is 5.32 Å². The van der Waals surface area contributed by atoms with Crippen LogP contribution in [0, 0.1) is 11.3 Å². The molecule has 1 aromatic carbocycles. The van der Waals surface area contributed by atoms with Gasteiger partial charge in [-0.15, -0.1) is 0 Å². The maximum Gasteiger partial charge on any atom is 0.148 e. The fraction of sp³-hybridized carbons (Fsp3) is 0.217. The molecule has 0 radical (unpaired) electrons. The van der Waals surface area contributed by atoms with Crippen LogP contribution >= 0.6 is 0 Å². The Morgan fingerprint density at radius 1 is 1.10 bits per heavy atom. The normalized spacial score (nSPS) is 16.6. The molecule has 3 aromatic heterocycles. The van der Waals surface area contributed by atoms with E-state index in [0.29, 0.717) is 11.5 Å². The van der Waals surface area contributed by atoms with Crippen LogP contribution in [0.25, 0.3) is 10.9 Å². The number of nitrogens with one attached hydrogen (secondary N) is 2. The number of hydrogen-bond donors (Lipinski definition) is 2. The highest BCUT2D eigenvalue weighted by Crippen LogP contribution is 2.32. The van der Waals surface area contributed by atoms with Gasteiger partial charge in [-0.2, -0.15) is 5.26 Å². The Labute approximate surface area is 174 Å². The van der Waals surface area contributed by atoms with Crippen molar-refractivity contribution in [3.63, 3.8) is 0 Å². The molecule has 2 N–H and O–H groups in total. The van der Waals surface area contributed by atoms with Crippen molar-refractivity contribution in [3.8, 4) is 6.07 Å². The van der Waals surface area contributed by atoms with E-state index in [1.807, 2.05) is 18.5 Å². The summed E-state index contributed by atoms with van der Waals surface area (Å²) in [5, 5.41) is 13.3. The molecule has 7 heteroatoms. The summed E-state index contributed by atoms with van der Waals surface area (Å²) in [7, 11) is 0. The van der Waals surface area contributed by atoms with Gasteiger partial charge in [0.2, 0.25) is 0 Å². The van der Waals surface area contributed by atoms with Crippen molar-refractivity contribution in [1.82, 2.24) is 24.8 Å². The topological polar surface area (TPSA) is 93.5 Å². The minimum absolute atomic E-state index is 0.282. The van der Waals surface area contributed by atoms with Crippen molar-refractivity contribution in [2.24, 2.45) is 0 Å². The number of pyridine rings is 1. The highest BCUT2D eigenvalue weighted by atomic mass is 15.2. The van der Waals surface area contributed by atoms with E-state index in [1.165, 1.54) is 16.5 Å². The molecule has 1 atom stereocenters. The molecule has 148 valence electrons. The van der Waals surface area contributed by atoms with Crippen LogP contribution in [0.2, 0.25) is 0 Å².